The van der Waals surface area contributed by atoms with E-state index in [0.717, 1.165) is 5.75 Å². The highest BCUT2D eigenvalue weighted by atomic mass is 32.2. The summed E-state index contributed by atoms with van der Waals surface area (Å²) in [6.45, 7) is 3.97. The fraction of sp³-hybridized carbons (Fsp3) is 0.273. The maximum atomic E-state index is 12.3. The van der Waals surface area contributed by atoms with Crippen LogP contribution >= 0.6 is 11.8 Å². The van der Waals surface area contributed by atoms with Gasteiger partial charge in [-0.15, -0.1) is 10.2 Å². The maximum Gasteiger partial charge on any atom is 0.338 e. The summed E-state index contributed by atoms with van der Waals surface area (Å²) in [6.07, 6.45) is -0.291. The zero-order chi connectivity index (χ0) is 22.2. The highest BCUT2D eigenvalue weighted by Gasteiger charge is 2.18. The third-order valence-corrected chi connectivity index (χ3v) is 5.32. The zero-order valence-electron chi connectivity index (χ0n) is 17.6. The van der Waals surface area contributed by atoms with Crippen molar-refractivity contribution < 1.29 is 19.1 Å². The summed E-state index contributed by atoms with van der Waals surface area (Å²) in [5.74, 6) is 1.01. The Morgan fingerprint density at radius 3 is 2.48 bits per heavy atom. The highest BCUT2D eigenvalue weighted by molar-refractivity contribution is 7.99. The van der Waals surface area contributed by atoms with Crippen LogP contribution in [0.4, 0.5) is 5.69 Å². The Morgan fingerprint density at radius 1 is 1.10 bits per heavy atom. The smallest absolute Gasteiger partial charge is 0.338 e. The van der Waals surface area contributed by atoms with Gasteiger partial charge in [0.05, 0.1) is 17.9 Å². The van der Waals surface area contributed by atoms with Gasteiger partial charge >= 0.3 is 5.97 Å². The minimum absolute atomic E-state index is 0.166. The molecule has 0 aliphatic carbocycles. The molecule has 0 saturated carbocycles. The van der Waals surface area contributed by atoms with E-state index in [9.17, 15) is 9.59 Å². The van der Waals surface area contributed by atoms with E-state index in [1.54, 1.807) is 31.2 Å². The number of rotatable bonds is 9. The van der Waals surface area contributed by atoms with Crippen molar-refractivity contribution in [1.29, 1.82) is 0 Å². The largest absolute Gasteiger partial charge is 0.483 e. The number of esters is 1. The van der Waals surface area contributed by atoms with Crippen molar-refractivity contribution in [1.82, 2.24) is 14.8 Å². The number of carbonyl (C=O) groups is 2. The van der Waals surface area contributed by atoms with Crippen LogP contribution in [-0.2, 0) is 16.6 Å². The predicted octanol–water partition coefficient (Wildman–Crippen LogP) is 3.86. The Labute approximate surface area is 185 Å². The second-order valence-corrected chi connectivity index (χ2v) is 7.55. The second kappa shape index (κ2) is 10.6. The molecular weight excluding hydrogens is 416 g/mol. The molecule has 3 rings (SSSR count). The third kappa shape index (κ3) is 6.08. The van der Waals surface area contributed by atoms with Crippen molar-refractivity contribution in [2.45, 2.75) is 25.1 Å². The van der Waals surface area contributed by atoms with Gasteiger partial charge in [0, 0.05) is 12.7 Å². The normalized spacial score (nSPS) is 11.6. The van der Waals surface area contributed by atoms with Crippen LogP contribution in [0.1, 0.15) is 36.1 Å². The lowest BCUT2D eigenvalue weighted by molar-refractivity contribution is -0.113. The molecule has 0 radical (unpaired) electrons. The average molecular weight is 441 g/mol. The number of anilines is 1. The molecule has 1 heterocycles. The number of hydrogen-bond donors (Lipinski definition) is 1. The molecule has 1 amide bonds. The molecule has 0 aliphatic heterocycles. The summed E-state index contributed by atoms with van der Waals surface area (Å²) in [7, 11) is 1.84. The zero-order valence-corrected chi connectivity index (χ0v) is 18.4. The van der Waals surface area contributed by atoms with E-state index in [2.05, 4.69) is 15.5 Å². The van der Waals surface area contributed by atoms with Crippen molar-refractivity contribution in [3.8, 4) is 5.75 Å². The first-order chi connectivity index (χ1) is 15.0. The van der Waals surface area contributed by atoms with E-state index in [-0.39, 0.29) is 23.7 Å². The first-order valence-corrected chi connectivity index (χ1v) is 10.8. The number of nitrogens with one attached hydrogen (secondary N) is 1. The predicted molar refractivity (Wildman–Crippen MR) is 118 cm³/mol. The van der Waals surface area contributed by atoms with Crippen LogP contribution in [0.5, 0.6) is 5.75 Å². The van der Waals surface area contributed by atoms with E-state index in [1.165, 1.54) is 11.8 Å². The SMILES string of the molecule is CCOC(=O)c1ccc(NC(=O)CSc2nnc(C(C)Oc3ccccc3)n2C)cc1. The van der Waals surface area contributed by atoms with Gasteiger partial charge in [-0.25, -0.2) is 4.79 Å². The molecule has 1 N–H and O–H groups in total. The van der Waals surface area contributed by atoms with Gasteiger partial charge in [-0.1, -0.05) is 30.0 Å². The summed E-state index contributed by atoms with van der Waals surface area (Å²) >= 11 is 1.28. The molecule has 1 aromatic heterocycles. The lowest BCUT2D eigenvalue weighted by atomic mass is 10.2. The number of nitrogens with zero attached hydrogens (tertiary/aromatic N) is 3. The summed E-state index contributed by atoms with van der Waals surface area (Å²) in [4.78, 5) is 24.0. The van der Waals surface area contributed by atoms with Crippen LogP contribution in [0.3, 0.4) is 0 Å². The van der Waals surface area contributed by atoms with Gasteiger partial charge in [0.2, 0.25) is 5.91 Å². The van der Waals surface area contributed by atoms with Crippen LogP contribution in [-0.4, -0.2) is 39.0 Å². The van der Waals surface area contributed by atoms with E-state index in [1.807, 2.05) is 48.9 Å². The number of carbonyl (C=O) groups excluding carboxylic acids is 2. The number of thioether (sulfide) groups is 1. The number of ether oxygens (including phenoxy) is 2. The topological polar surface area (TPSA) is 95.3 Å². The second-order valence-electron chi connectivity index (χ2n) is 6.61. The number of aromatic nitrogens is 3. The molecule has 0 spiro atoms. The molecule has 9 heteroatoms. The molecule has 31 heavy (non-hydrogen) atoms. The van der Waals surface area contributed by atoms with Crippen molar-refractivity contribution in [2.75, 3.05) is 17.7 Å². The molecule has 1 unspecified atom stereocenters. The molecule has 1 atom stereocenters. The third-order valence-electron chi connectivity index (χ3n) is 4.30. The van der Waals surface area contributed by atoms with E-state index < -0.39 is 0 Å². The molecule has 0 fully saturated rings. The van der Waals surface area contributed by atoms with E-state index >= 15 is 0 Å². The van der Waals surface area contributed by atoms with E-state index in [0.29, 0.717) is 28.8 Å². The molecule has 0 saturated heterocycles. The Balaban J connectivity index is 1.53. The summed E-state index contributed by atoms with van der Waals surface area (Å²) in [5, 5.41) is 11.8. The van der Waals surface area contributed by atoms with Crippen LogP contribution in [0.25, 0.3) is 0 Å². The number of amides is 1. The monoisotopic (exact) mass is 440 g/mol. The van der Waals surface area contributed by atoms with Crippen molar-refractivity contribution >= 4 is 29.3 Å². The highest BCUT2D eigenvalue weighted by Crippen LogP contribution is 2.23. The number of para-hydroxylation sites is 1. The minimum Gasteiger partial charge on any atom is -0.483 e. The molecule has 3 aromatic rings. The van der Waals surface area contributed by atoms with Gasteiger partial charge in [-0.3, -0.25) is 4.79 Å². The molecule has 0 bridgehead atoms. The first-order valence-electron chi connectivity index (χ1n) is 9.78. The van der Waals surface area contributed by atoms with Gasteiger partial charge in [0.1, 0.15) is 5.75 Å². The Hall–Kier alpha value is -3.33. The van der Waals surface area contributed by atoms with E-state index in [4.69, 9.17) is 9.47 Å². The molecule has 0 aliphatic rings. The van der Waals surface area contributed by atoms with Crippen LogP contribution in [0, 0.1) is 0 Å². The average Bonchev–Trinajstić information content (AvgIpc) is 3.14. The maximum absolute atomic E-state index is 12.3. The summed E-state index contributed by atoms with van der Waals surface area (Å²) in [5.41, 5.74) is 1.04. The number of benzene rings is 2. The van der Waals surface area contributed by atoms with Crippen LogP contribution in [0.2, 0.25) is 0 Å². The Bertz CT molecular complexity index is 1020. The van der Waals surface area contributed by atoms with Gasteiger partial charge in [0.25, 0.3) is 0 Å². The lowest BCUT2D eigenvalue weighted by Gasteiger charge is -2.14. The summed E-state index contributed by atoms with van der Waals surface area (Å²) in [6, 6.07) is 16.1. The fourth-order valence-electron chi connectivity index (χ4n) is 2.79. The molecule has 8 nitrogen and oxygen atoms in total. The lowest BCUT2D eigenvalue weighted by Crippen LogP contribution is -2.15. The summed E-state index contributed by atoms with van der Waals surface area (Å²) < 4.78 is 12.7. The fourth-order valence-corrected chi connectivity index (χ4v) is 3.51. The molecule has 162 valence electrons. The van der Waals surface area contributed by atoms with Crippen molar-refractivity contribution in [3.63, 3.8) is 0 Å². The minimum atomic E-state index is -0.389. The van der Waals surface area contributed by atoms with Crippen molar-refractivity contribution in [2.24, 2.45) is 7.05 Å². The number of hydrogen-bond acceptors (Lipinski definition) is 7. The van der Waals surface area contributed by atoms with Gasteiger partial charge in [0.15, 0.2) is 17.1 Å². The van der Waals surface area contributed by atoms with Crippen molar-refractivity contribution in [3.05, 3.63) is 66.0 Å². The standard InChI is InChI=1S/C22H24N4O4S/c1-4-29-21(28)16-10-12-17(13-11-16)23-19(27)14-31-22-25-24-20(26(22)3)15(2)30-18-8-6-5-7-9-18/h5-13,15H,4,14H2,1-3H3,(H,23,27). The molecule has 2 aromatic carbocycles. The van der Waals surface area contributed by atoms with Crippen LogP contribution in [0.15, 0.2) is 59.8 Å². The van der Waals surface area contributed by atoms with Crippen LogP contribution < -0.4 is 10.1 Å². The van der Waals surface area contributed by atoms with Gasteiger partial charge in [-0.2, -0.15) is 0 Å². The Kier molecular flexibility index (Phi) is 7.66. The molecular formula is C22H24N4O4S. The van der Waals surface area contributed by atoms with Gasteiger partial charge < -0.3 is 19.4 Å². The van der Waals surface area contributed by atoms with Gasteiger partial charge in [-0.05, 0) is 50.2 Å². The quantitative estimate of drug-likeness (QED) is 0.399. The first kappa shape index (κ1) is 22.4. The Morgan fingerprint density at radius 2 is 1.81 bits per heavy atom.